The third-order valence-corrected chi connectivity index (χ3v) is 4.91. The molecule has 0 bridgehead atoms. The van der Waals surface area contributed by atoms with E-state index in [1.807, 2.05) is 12.1 Å². The molecular weight excluding hydrogens is 260 g/mol. The Morgan fingerprint density at radius 1 is 1.43 bits per heavy atom. The highest BCUT2D eigenvalue weighted by atomic mass is 16.5. The average Bonchev–Trinajstić information content (AvgIpc) is 2.37. The van der Waals surface area contributed by atoms with Crippen molar-refractivity contribution in [3.8, 4) is 11.5 Å². The van der Waals surface area contributed by atoms with Crippen molar-refractivity contribution in [2.24, 2.45) is 5.92 Å². The van der Waals surface area contributed by atoms with Crippen LogP contribution in [0.4, 0.5) is 0 Å². The molecule has 1 aromatic rings. The van der Waals surface area contributed by atoms with Crippen molar-refractivity contribution in [2.75, 3.05) is 0 Å². The summed E-state index contributed by atoms with van der Waals surface area (Å²) in [6.07, 6.45) is 7.16. The molecule has 2 atom stereocenters. The van der Waals surface area contributed by atoms with Crippen LogP contribution in [0.3, 0.4) is 0 Å². The number of fused-ring (bicyclic) bond motifs is 3. The highest BCUT2D eigenvalue weighted by Gasteiger charge is 2.45. The quantitative estimate of drug-likeness (QED) is 0.795. The minimum Gasteiger partial charge on any atom is -0.507 e. The molecule has 3 rings (SSSR count). The topological polar surface area (TPSA) is 29.5 Å². The molecule has 0 radical (unpaired) electrons. The predicted molar refractivity (Wildman–Crippen MR) is 85.9 cm³/mol. The van der Waals surface area contributed by atoms with Gasteiger partial charge in [0.2, 0.25) is 0 Å². The van der Waals surface area contributed by atoms with Crippen LogP contribution in [0.25, 0.3) is 0 Å². The zero-order valence-electron chi connectivity index (χ0n) is 13.1. The van der Waals surface area contributed by atoms with Crippen molar-refractivity contribution in [1.82, 2.24) is 0 Å². The van der Waals surface area contributed by atoms with Gasteiger partial charge in [0.25, 0.3) is 0 Å². The number of phenolic OH excluding ortho intramolecular Hbond substituents is 1. The average molecular weight is 284 g/mol. The molecule has 0 aromatic heterocycles. The lowest BCUT2D eigenvalue weighted by Gasteiger charge is -2.46. The van der Waals surface area contributed by atoms with Crippen molar-refractivity contribution in [3.05, 3.63) is 47.6 Å². The van der Waals surface area contributed by atoms with Gasteiger partial charge in [0.05, 0.1) is 0 Å². The monoisotopic (exact) mass is 284 g/mol. The van der Waals surface area contributed by atoms with Gasteiger partial charge < -0.3 is 9.84 Å². The Morgan fingerprint density at radius 3 is 2.90 bits per heavy atom. The van der Waals surface area contributed by atoms with Gasteiger partial charge in [0.1, 0.15) is 17.1 Å². The summed E-state index contributed by atoms with van der Waals surface area (Å²) in [6.45, 7) is 10.3. The van der Waals surface area contributed by atoms with E-state index in [0.717, 1.165) is 36.1 Å². The summed E-state index contributed by atoms with van der Waals surface area (Å²) in [5, 5.41) is 10.5. The molecule has 1 aromatic carbocycles. The summed E-state index contributed by atoms with van der Waals surface area (Å²) in [6, 6.07) is 3.92. The lowest BCUT2D eigenvalue weighted by Crippen LogP contribution is -2.45. The van der Waals surface area contributed by atoms with Crippen LogP contribution < -0.4 is 4.74 Å². The first kappa shape index (κ1) is 14.2. The van der Waals surface area contributed by atoms with Gasteiger partial charge in [-0.2, -0.15) is 0 Å². The van der Waals surface area contributed by atoms with E-state index in [1.165, 1.54) is 5.57 Å². The third-order valence-electron chi connectivity index (χ3n) is 4.91. The standard InChI is InChI=1S/C19H24O2/c1-5-6-13-10-16(20)18-14-9-12(2)7-8-15(14)19(3,4)21-17(18)11-13/h5,9-11,14-15,20H,1,6-8H2,2-4H3. The highest BCUT2D eigenvalue weighted by Crippen LogP contribution is 2.53. The number of aromatic hydroxyl groups is 1. The van der Waals surface area contributed by atoms with Gasteiger partial charge in [0.15, 0.2) is 0 Å². The highest BCUT2D eigenvalue weighted by molar-refractivity contribution is 5.54. The number of benzene rings is 1. The fraction of sp³-hybridized carbons (Fsp3) is 0.474. The van der Waals surface area contributed by atoms with Crippen molar-refractivity contribution < 1.29 is 9.84 Å². The van der Waals surface area contributed by atoms with E-state index in [0.29, 0.717) is 11.7 Å². The zero-order chi connectivity index (χ0) is 15.2. The molecule has 2 heteroatoms. The third kappa shape index (κ3) is 2.37. The lowest BCUT2D eigenvalue weighted by atomic mass is 9.68. The van der Waals surface area contributed by atoms with E-state index in [2.05, 4.69) is 39.5 Å². The minimum absolute atomic E-state index is 0.200. The second-order valence-electron chi connectivity index (χ2n) is 6.91. The van der Waals surface area contributed by atoms with Crippen LogP contribution in [0.5, 0.6) is 11.5 Å². The van der Waals surface area contributed by atoms with E-state index in [1.54, 1.807) is 0 Å². The van der Waals surface area contributed by atoms with Crippen molar-refractivity contribution >= 4 is 0 Å². The van der Waals surface area contributed by atoms with Gasteiger partial charge in [-0.1, -0.05) is 17.7 Å². The first-order valence-corrected chi connectivity index (χ1v) is 7.75. The summed E-state index contributed by atoms with van der Waals surface area (Å²) in [5.74, 6) is 1.88. The van der Waals surface area contributed by atoms with Crippen molar-refractivity contribution in [3.63, 3.8) is 0 Å². The van der Waals surface area contributed by atoms with Crippen LogP contribution >= 0.6 is 0 Å². The molecule has 1 N–H and O–H groups in total. The van der Waals surface area contributed by atoms with Gasteiger partial charge in [-0.3, -0.25) is 0 Å². The lowest BCUT2D eigenvalue weighted by molar-refractivity contribution is 0.0107. The number of hydrogen-bond donors (Lipinski definition) is 1. The smallest absolute Gasteiger partial charge is 0.127 e. The number of rotatable bonds is 2. The van der Waals surface area contributed by atoms with E-state index in [4.69, 9.17) is 4.74 Å². The zero-order valence-corrected chi connectivity index (χ0v) is 13.1. The summed E-state index contributed by atoms with van der Waals surface area (Å²) in [4.78, 5) is 0. The first-order chi connectivity index (χ1) is 9.92. The summed E-state index contributed by atoms with van der Waals surface area (Å²) >= 11 is 0. The van der Waals surface area contributed by atoms with Crippen LogP contribution in [0.1, 0.15) is 50.7 Å². The van der Waals surface area contributed by atoms with Crippen LogP contribution in [0, 0.1) is 5.92 Å². The molecule has 2 aliphatic rings. The molecule has 0 amide bonds. The molecule has 0 saturated carbocycles. The van der Waals surface area contributed by atoms with Gasteiger partial charge in [-0.25, -0.2) is 0 Å². The Balaban J connectivity index is 2.15. The fourth-order valence-electron chi connectivity index (χ4n) is 3.86. The summed E-state index contributed by atoms with van der Waals surface area (Å²) in [5.41, 5.74) is 3.22. The molecule has 1 aliphatic carbocycles. The van der Waals surface area contributed by atoms with E-state index in [9.17, 15) is 5.11 Å². The molecule has 21 heavy (non-hydrogen) atoms. The van der Waals surface area contributed by atoms with Crippen LogP contribution in [0.2, 0.25) is 0 Å². The Bertz CT molecular complexity index is 610. The molecule has 0 spiro atoms. The van der Waals surface area contributed by atoms with Crippen LogP contribution in [0.15, 0.2) is 36.4 Å². The Labute approximate surface area is 127 Å². The van der Waals surface area contributed by atoms with Crippen LogP contribution in [-0.4, -0.2) is 10.7 Å². The second kappa shape index (κ2) is 4.94. The SMILES string of the molecule is C=CCc1cc(O)c2c(c1)OC(C)(C)C1CCC(C)=CC21. The maximum atomic E-state index is 10.5. The van der Waals surface area contributed by atoms with E-state index in [-0.39, 0.29) is 11.5 Å². The summed E-state index contributed by atoms with van der Waals surface area (Å²) in [7, 11) is 0. The maximum absolute atomic E-state index is 10.5. The normalized spacial score (nSPS) is 26.1. The molecule has 112 valence electrons. The van der Waals surface area contributed by atoms with E-state index >= 15 is 0 Å². The molecular formula is C19H24O2. The summed E-state index contributed by atoms with van der Waals surface area (Å²) < 4.78 is 6.27. The first-order valence-electron chi connectivity index (χ1n) is 7.75. The number of hydrogen-bond acceptors (Lipinski definition) is 2. The largest absolute Gasteiger partial charge is 0.507 e. The second-order valence-corrected chi connectivity index (χ2v) is 6.91. The number of ether oxygens (including phenoxy) is 1. The Morgan fingerprint density at radius 2 is 2.19 bits per heavy atom. The van der Waals surface area contributed by atoms with Gasteiger partial charge in [-0.15, -0.1) is 6.58 Å². The number of allylic oxidation sites excluding steroid dienone is 3. The maximum Gasteiger partial charge on any atom is 0.127 e. The molecule has 2 unspecified atom stereocenters. The van der Waals surface area contributed by atoms with Gasteiger partial charge in [0, 0.05) is 17.4 Å². The van der Waals surface area contributed by atoms with Gasteiger partial charge >= 0.3 is 0 Å². The van der Waals surface area contributed by atoms with Crippen LogP contribution in [-0.2, 0) is 6.42 Å². The predicted octanol–water partition coefficient (Wildman–Crippen LogP) is 4.73. The Hall–Kier alpha value is -1.70. The molecule has 2 nitrogen and oxygen atoms in total. The molecule has 1 aliphatic heterocycles. The Kier molecular flexibility index (Phi) is 3.35. The minimum atomic E-state index is -0.200. The van der Waals surface area contributed by atoms with Crippen molar-refractivity contribution in [1.29, 1.82) is 0 Å². The fourth-order valence-corrected chi connectivity index (χ4v) is 3.86. The number of phenols is 1. The molecule has 0 saturated heterocycles. The molecule has 0 fully saturated rings. The molecule has 1 heterocycles. The van der Waals surface area contributed by atoms with E-state index < -0.39 is 0 Å². The van der Waals surface area contributed by atoms with Gasteiger partial charge in [-0.05, 0) is 57.7 Å². The van der Waals surface area contributed by atoms with Crippen molar-refractivity contribution in [2.45, 2.75) is 51.6 Å².